The van der Waals surface area contributed by atoms with Crippen LogP contribution in [0.15, 0.2) is 18.5 Å². The average Bonchev–Trinajstić information content (AvgIpc) is 3.43. The first-order valence-electron chi connectivity index (χ1n) is 12.5. The number of Topliss-reactive ketones (excluding diaryl/α,β-unsaturated/α-hetero) is 1. The van der Waals surface area contributed by atoms with Crippen molar-refractivity contribution in [2.45, 2.75) is 69.7 Å². The molecule has 1 aliphatic carbocycles. The number of carbonyl (C=O) groups excluding carboxylic acids is 3. The van der Waals surface area contributed by atoms with Crippen LogP contribution in [0.4, 0.5) is 5.82 Å². The van der Waals surface area contributed by atoms with Crippen molar-refractivity contribution in [1.82, 2.24) is 14.6 Å². The third-order valence-electron chi connectivity index (χ3n) is 7.21. The summed E-state index contributed by atoms with van der Waals surface area (Å²) in [6.45, 7) is 0.731. The molecule has 12 nitrogen and oxygen atoms in total. The highest BCUT2D eigenvalue weighted by molar-refractivity contribution is 5.91. The van der Waals surface area contributed by atoms with E-state index < -0.39 is 29.7 Å². The van der Waals surface area contributed by atoms with E-state index in [1.165, 1.54) is 24.2 Å². The molecular formula is C25H32N6O6. The van der Waals surface area contributed by atoms with Gasteiger partial charge in [0.05, 0.1) is 12.2 Å². The quantitative estimate of drug-likeness (QED) is 0.413. The number of fused-ring (bicyclic) bond motifs is 1. The molecule has 2 fully saturated rings. The van der Waals surface area contributed by atoms with Crippen molar-refractivity contribution in [1.29, 1.82) is 5.26 Å². The lowest BCUT2D eigenvalue weighted by molar-refractivity contribution is -0.148. The number of ether oxygens (including phenoxy) is 2. The molecule has 0 spiro atoms. The molecule has 1 saturated heterocycles. The van der Waals surface area contributed by atoms with Crippen LogP contribution in [-0.2, 0) is 29.5 Å². The van der Waals surface area contributed by atoms with Gasteiger partial charge in [-0.15, -0.1) is 0 Å². The molecule has 2 aromatic rings. The predicted octanol–water partition coefficient (Wildman–Crippen LogP) is 1.21. The Kier molecular flexibility index (Phi) is 8.16. The van der Waals surface area contributed by atoms with E-state index in [9.17, 15) is 24.8 Å². The smallest absolute Gasteiger partial charge is 0.319 e. The molecule has 37 heavy (non-hydrogen) atoms. The van der Waals surface area contributed by atoms with Crippen molar-refractivity contribution < 1.29 is 29.0 Å². The predicted molar refractivity (Wildman–Crippen MR) is 130 cm³/mol. The van der Waals surface area contributed by atoms with Crippen molar-refractivity contribution >= 4 is 29.0 Å². The van der Waals surface area contributed by atoms with Crippen molar-refractivity contribution in [2.75, 3.05) is 18.5 Å². The zero-order chi connectivity index (χ0) is 26.6. The fraction of sp³-hybridized carbons (Fsp3) is 0.600. The molecular weight excluding hydrogens is 480 g/mol. The minimum atomic E-state index is -1.91. The van der Waals surface area contributed by atoms with Gasteiger partial charge in [0.1, 0.15) is 42.5 Å². The number of hydrogen-bond donors (Lipinski definition) is 3. The number of esters is 1. The van der Waals surface area contributed by atoms with Gasteiger partial charge in [-0.1, -0.05) is 32.1 Å². The summed E-state index contributed by atoms with van der Waals surface area (Å²) in [5.41, 5.74) is 4.03. The first-order valence-corrected chi connectivity index (χ1v) is 12.5. The fourth-order valence-corrected chi connectivity index (χ4v) is 5.43. The van der Waals surface area contributed by atoms with Gasteiger partial charge in [-0.3, -0.25) is 14.4 Å². The third kappa shape index (κ3) is 5.49. The Balaban J connectivity index is 1.65. The highest BCUT2D eigenvalue weighted by Crippen LogP contribution is 2.45. The van der Waals surface area contributed by atoms with Crippen molar-refractivity contribution in [3.8, 4) is 6.07 Å². The molecule has 0 unspecified atom stereocenters. The number of nitriles is 1. The number of ketones is 1. The van der Waals surface area contributed by atoms with Gasteiger partial charge in [-0.05, 0) is 18.1 Å². The topological polar surface area (TPSA) is 182 Å². The summed E-state index contributed by atoms with van der Waals surface area (Å²) in [6, 6.07) is 5.23. The van der Waals surface area contributed by atoms with E-state index >= 15 is 0 Å². The number of rotatable bonds is 9. The Hall–Kier alpha value is -3.40. The maximum atomic E-state index is 13.1. The number of aliphatic hydroxyl groups excluding tert-OH is 1. The zero-order valence-corrected chi connectivity index (χ0v) is 20.8. The molecule has 2 aliphatic rings. The number of hydrogen-bond acceptors (Lipinski definition) is 10. The molecule has 1 aliphatic heterocycles. The number of aliphatic hydroxyl groups is 1. The summed E-state index contributed by atoms with van der Waals surface area (Å²) in [5.74, 6) is -1.30. The SMILES string of the molecule is CC(=O)Nc1ncnn2c([C@]3(C#N)O[C@H](COC(=O)CN)[C@@H](CC(=O)CC4CCCCC4)[C@H]3O)ccc12. The van der Waals surface area contributed by atoms with Crippen LogP contribution < -0.4 is 11.1 Å². The molecule has 4 atom stereocenters. The molecule has 0 aromatic carbocycles. The summed E-state index contributed by atoms with van der Waals surface area (Å²) in [4.78, 5) is 40.5. The standard InChI is InChI=1S/C25H32N6O6/c1-15(32)30-24-19-7-8-21(31(19)29-14-28-24)25(13-27)23(35)18(20(37-25)12-36-22(34)11-26)10-17(33)9-16-5-3-2-4-6-16/h7-8,14,16,18,20,23,35H,2-6,9-12,26H2,1H3,(H,28,29,30,32)/t18-,20-,23-,25+/m1/s1. The Morgan fingerprint density at radius 1 is 1.30 bits per heavy atom. The number of nitrogens with one attached hydrogen (secondary N) is 1. The van der Waals surface area contributed by atoms with E-state index in [-0.39, 0.29) is 42.8 Å². The Morgan fingerprint density at radius 2 is 2.05 bits per heavy atom. The third-order valence-corrected chi connectivity index (χ3v) is 7.21. The molecule has 4 N–H and O–H groups in total. The van der Waals surface area contributed by atoms with Crippen LogP contribution in [0, 0.1) is 23.2 Å². The summed E-state index contributed by atoms with van der Waals surface area (Å²) >= 11 is 0. The largest absolute Gasteiger partial charge is 0.462 e. The van der Waals surface area contributed by atoms with E-state index in [1.807, 2.05) is 0 Å². The summed E-state index contributed by atoms with van der Waals surface area (Å²) in [6.07, 6.45) is 4.62. The van der Waals surface area contributed by atoms with E-state index in [4.69, 9.17) is 15.2 Å². The number of nitrogens with two attached hydrogens (primary N) is 1. The molecule has 2 aromatic heterocycles. The first-order chi connectivity index (χ1) is 17.8. The van der Waals surface area contributed by atoms with Gasteiger partial charge in [0.25, 0.3) is 0 Å². The Labute approximate surface area is 214 Å². The number of anilines is 1. The van der Waals surface area contributed by atoms with Crippen molar-refractivity contribution in [3.05, 3.63) is 24.2 Å². The molecule has 1 amide bonds. The average molecular weight is 513 g/mol. The van der Waals surface area contributed by atoms with Gasteiger partial charge in [0, 0.05) is 25.7 Å². The summed E-state index contributed by atoms with van der Waals surface area (Å²) in [5, 5.41) is 28.6. The van der Waals surface area contributed by atoms with Crippen LogP contribution in [0.1, 0.15) is 57.6 Å². The lowest BCUT2D eigenvalue weighted by Crippen LogP contribution is -2.39. The van der Waals surface area contributed by atoms with Gasteiger partial charge in [0.2, 0.25) is 11.5 Å². The normalized spacial score (nSPS) is 26.1. The minimum Gasteiger partial charge on any atom is -0.462 e. The lowest BCUT2D eigenvalue weighted by Gasteiger charge is -2.25. The van der Waals surface area contributed by atoms with Crippen LogP contribution in [0.3, 0.4) is 0 Å². The second-order valence-corrected chi connectivity index (χ2v) is 9.76. The second-order valence-electron chi connectivity index (χ2n) is 9.76. The Bertz CT molecular complexity index is 1200. The Morgan fingerprint density at radius 3 is 2.73 bits per heavy atom. The molecule has 1 saturated carbocycles. The number of amides is 1. The molecule has 12 heteroatoms. The number of aromatic nitrogens is 3. The summed E-state index contributed by atoms with van der Waals surface area (Å²) in [7, 11) is 0. The minimum absolute atomic E-state index is 0.0264. The molecule has 198 valence electrons. The zero-order valence-electron chi connectivity index (χ0n) is 20.8. The van der Waals surface area contributed by atoms with E-state index in [1.54, 1.807) is 12.1 Å². The van der Waals surface area contributed by atoms with Gasteiger partial charge < -0.3 is 25.6 Å². The van der Waals surface area contributed by atoms with Crippen LogP contribution in [0.25, 0.3) is 5.52 Å². The molecule has 0 bridgehead atoms. The highest BCUT2D eigenvalue weighted by atomic mass is 16.6. The number of nitrogens with zero attached hydrogens (tertiary/aromatic N) is 4. The fourth-order valence-electron chi connectivity index (χ4n) is 5.43. The lowest BCUT2D eigenvalue weighted by atomic mass is 9.80. The maximum Gasteiger partial charge on any atom is 0.319 e. The van der Waals surface area contributed by atoms with E-state index in [0.717, 1.165) is 25.7 Å². The second kappa shape index (κ2) is 11.3. The van der Waals surface area contributed by atoms with Crippen LogP contribution in [-0.4, -0.2) is 62.7 Å². The van der Waals surface area contributed by atoms with Gasteiger partial charge in [0.15, 0.2) is 5.82 Å². The van der Waals surface area contributed by atoms with E-state index in [2.05, 4.69) is 21.5 Å². The van der Waals surface area contributed by atoms with Crippen LogP contribution in [0.2, 0.25) is 0 Å². The highest BCUT2D eigenvalue weighted by Gasteiger charge is 2.58. The van der Waals surface area contributed by atoms with Crippen LogP contribution >= 0.6 is 0 Å². The molecule has 4 rings (SSSR count). The monoisotopic (exact) mass is 512 g/mol. The van der Waals surface area contributed by atoms with Crippen molar-refractivity contribution in [2.24, 2.45) is 17.6 Å². The van der Waals surface area contributed by atoms with Crippen LogP contribution in [0.5, 0.6) is 0 Å². The molecule has 3 heterocycles. The first kappa shape index (κ1) is 26.7. The van der Waals surface area contributed by atoms with Gasteiger partial charge >= 0.3 is 5.97 Å². The van der Waals surface area contributed by atoms with Gasteiger partial charge in [-0.25, -0.2) is 9.50 Å². The maximum absolute atomic E-state index is 13.1. The number of carbonyl (C=O) groups is 3. The van der Waals surface area contributed by atoms with Crippen molar-refractivity contribution in [3.63, 3.8) is 0 Å². The van der Waals surface area contributed by atoms with Gasteiger partial charge in [-0.2, -0.15) is 10.4 Å². The van der Waals surface area contributed by atoms with E-state index in [0.29, 0.717) is 17.9 Å². The summed E-state index contributed by atoms with van der Waals surface area (Å²) < 4.78 is 12.7. The molecule has 0 radical (unpaired) electrons.